The number of allylic oxidation sites excluding steroid dienone is 2. The molecule has 2 aromatic carbocycles. The molecule has 1 atom stereocenters. The Kier molecular flexibility index (Phi) is 10.8. The molecule has 1 N–H and O–H groups in total. The maximum absolute atomic E-state index is 13.9. The number of methoxy groups -OCH3 is 1. The minimum Gasteiger partial charge on any atom is -0.494 e. The van der Waals surface area contributed by atoms with E-state index in [0.717, 1.165) is 81.0 Å². The number of amides is 2. The van der Waals surface area contributed by atoms with Gasteiger partial charge in [-0.25, -0.2) is 0 Å². The molecule has 1 aliphatic carbocycles. The topological polar surface area (TPSA) is 83.9 Å². The van der Waals surface area contributed by atoms with Gasteiger partial charge in [0, 0.05) is 45.4 Å². The number of anilines is 1. The van der Waals surface area contributed by atoms with Gasteiger partial charge in [-0.1, -0.05) is 50.6 Å². The van der Waals surface area contributed by atoms with E-state index in [1.54, 1.807) is 14.1 Å². The molecule has 0 spiro atoms. The van der Waals surface area contributed by atoms with Crippen molar-refractivity contribution in [1.82, 2.24) is 14.4 Å². The first-order chi connectivity index (χ1) is 22.8. The Balaban J connectivity index is 1.31. The van der Waals surface area contributed by atoms with E-state index in [4.69, 9.17) is 4.74 Å². The van der Waals surface area contributed by atoms with E-state index in [-0.39, 0.29) is 23.1 Å². The summed E-state index contributed by atoms with van der Waals surface area (Å²) in [5, 5.41) is 4.09. The van der Waals surface area contributed by atoms with Crippen LogP contribution in [-0.4, -0.2) is 66.3 Å². The normalized spacial score (nSPS) is 18.7. The molecule has 2 fully saturated rings. The number of ether oxygens (including phenoxy) is 1. The van der Waals surface area contributed by atoms with Crippen molar-refractivity contribution >= 4 is 34.2 Å². The summed E-state index contributed by atoms with van der Waals surface area (Å²) in [5.41, 5.74) is 5.75. The molecule has 2 heterocycles. The number of hydrogen-bond donors (Lipinski definition) is 1. The van der Waals surface area contributed by atoms with Gasteiger partial charge in [0.15, 0.2) is 5.75 Å². The number of likely N-dealkylation sites (tertiary alicyclic amines) is 1. The standard InChI is InChI=1S/C40H54N4O4/c1-9-26-12-10-13-28(20-26)35(45)21-27-16-18-44(19-17-27)25-30-15-11-14-29-22-34(43(7)36(29)30)38(46)41-33-24-31(40(2,3)4)23-32(37(33)48-8)39(47)42(5)6/h9,11,14-15,22-24,27-28H,10,12-13,16-21,25H2,1-8H3,(H,41,46). The third kappa shape index (κ3) is 7.70. The summed E-state index contributed by atoms with van der Waals surface area (Å²) in [5.74, 6) is 1.04. The highest BCUT2D eigenvalue weighted by Gasteiger charge is 2.29. The predicted molar refractivity (Wildman–Crippen MR) is 194 cm³/mol. The summed E-state index contributed by atoms with van der Waals surface area (Å²) >= 11 is 0. The maximum Gasteiger partial charge on any atom is 0.272 e. The second-order valence-corrected chi connectivity index (χ2v) is 15.1. The largest absolute Gasteiger partial charge is 0.494 e. The fourth-order valence-electron chi connectivity index (χ4n) is 7.48. The predicted octanol–water partition coefficient (Wildman–Crippen LogP) is 7.75. The highest BCUT2D eigenvalue weighted by Crippen LogP contribution is 2.37. The lowest BCUT2D eigenvalue weighted by atomic mass is 9.79. The lowest BCUT2D eigenvalue weighted by Crippen LogP contribution is -2.34. The van der Waals surface area contributed by atoms with Gasteiger partial charge in [-0.3, -0.25) is 19.3 Å². The first kappa shape index (κ1) is 35.4. The average Bonchev–Trinajstić information content (AvgIpc) is 3.41. The smallest absolute Gasteiger partial charge is 0.272 e. The number of nitrogens with zero attached hydrogens (tertiary/aromatic N) is 3. The van der Waals surface area contributed by atoms with E-state index in [1.165, 1.54) is 23.1 Å². The Hall–Kier alpha value is -3.91. The first-order valence-electron chi connectivity index (χ1n) is 17.5. The molecule has 0 radical (unpaired) electrons. The summed E-state index contributed by atoms with van der Waals surface area (Å²) in [6, 6.07) is 12.0. The second-order valence-electron chi connectivity index (χ2n) is 15.1. The number of benzene rings is 2. The van der Waals surface area contributed by atoms with E-state index in [0.29, 0.717) is 34.4 Å². The van der Waals surface area contributed by atoms with E-state index in [2.05, 4.69) is 56.1 Å². The van der Waals surface area contributed by atoms with Gasteiger partial charge in [0.25, 0.3) is 11.8 Å². The van der Waals surface area contributed by atoms with Crippen LogP contribution >= 0.6 is 0 Å². The quantitative estimate of drug-likeness (QED) is 0.239. The lowest BCUT2D eigenvalue weighted by molar-refractivity contribution is -0.124. The van der Waals surface area contributed by atoms with Gasteiger partial charge in [0.1, 0.15) is 11.5 Å². The number of Topliss-reactive ketones (excluding diaryl/α,β-unsaturated/α-hetero) is 1. The van der Waals surface area contributed by atoms with E-state index in [9.17, 15) is 14.4 Å². The molecule has 1 unspecified atom stereocenters. The maximum atomic E-state index is 13.9. The SMILES string of the molecule is CC=C1CCCC(C(=O)CC2CCN(Cc3cccc4cc(C(=O)Nc5cc(C(C)(C)C)cc(C(=O)N(C)C)c5OC)n(C)c34)CC2)C1. The number of hydrogen-bond acceptors (Lipinski definition) is 5. The molecule has 48 heavy (non-hydrogen) atoms. The van der Waals surface area contributed by atoms with Crippen molar-refractivity contribution in [1.29, 1.82) is 0 Å². The van der Waals surface area contributed by atoms with E-state index >= 15 is 0 Å². The van der Waals surface area contributed by atoms with Gasteiger partial charge in [-0.05, 0) is 99.2 Å². The first-order valence-corrected chi connectivity index (χ1v) is 17.5. The minimum atomic E-state index is -0.266. The van der Waals surface area contributed by atoms with E-state index in [1.807, 2.05) is 35.9 Å². The van der Waals surface area contributed by atoms with Crippen molar-refractivity contribution in [3.8, 4) is 5.75 Å². The Labute approximate surface area is 286 Å². The summed E-state index contributed by atoms with van der Waals surface area (Å²) < 4.78 is 7.69. The number of para-hydroxylation sites is 1. The Morgan fingerprint density at radius 2 is 1.79 bits per heavy atom. The van der Waals surface area contributed by atoms with Crippen molar-refractivity contribution < 1.29 is 19.1 Å². The van der Waals surface area contributed by atoms with Crippen LogP contribution in [0, 0.1) is 11.8 Å². The zero-order valence-electron chi connectivity index (χ0n) is 30.2. The molecule has 2 amide bonds. The molecule has 258 valence electrons. The van der Waals surface area contributed by atoms with Crippen molar-refractivity contribution in [3.63, 3.8) is 0 Å². The van der Waals surface area contributed by atoms with Crippen LogP contribution in [0.1, 0.15) is 105 Å². The Morgan fingerprint density at radius 1 is 1.06 bits per heavy atom. The fourth-order valence-corrected chi connectivity index (χ4v) is 7.48. The van der Waals surface area contributed by atoms with Crippen LogP contribution in [0.5, 0.6) is 5.75 Å². The number of piperidine rings is 1. The van der Waals surface area contributed by atoms with Crippen molar-refractivity contribution in [2.24, 2.45) is 18.9 Å². The van der Waals surface area contributed by atoms with Crippen LogP contribution in [0.3, 0.4) is 0 Å². The zero-order chi connectivity index (χ0) is 34.7. The average molecular weight is 655 g/mol. The second kappa shape index (κ2) is 14.7. The van der Waals surface area contributed by atoms with Crippen molar-refractivity contribution in [2.45, 2.75) is 84.6 Å². The Morgan fingerprint density at radius 3 is 2.44 bits per heavy atom. The molecule has 1 saturated carbocycles. The third-order valence-electron chi connectivity index (χ3n) is 10.4. The van der Waals surface area contributed by atoms with Crippen LogP contribution in [0.15, 0.2) is 48.0 Å². The molecule has 0 bridgehead atoms. The number of rotatable bonds is 9. The van der Waals surface area contributed by atoms with Gasteiger partial charge in [-0.15, -0.1) is 0 Å². The van der Waals surface area contributed by atoms with Crippen molar-refractivity contribution in [3.05, 3.63) is 70.4 Å². The van der Waals surface area contributed by atoms with Gasteiger partial charge < -0.3 is 19.5 Å². The van der Waals surface area contributed by atoms with Gasteiger partial charge in [0.05, 0.1) is 23.9 Å². The van der Waals surface area contributed by atoms with E-state index < -0.39 is 0 Å². The molecule has 1 aromatic heterocycles. The van der Waals surface area contributed by atoms with Gasteiger partial charge in [0.2, 0.25) is 0 Å². The highest BCUT2D eigenvalue weighted by atomic mass is 16.5. The fraction of sp³-hybridized carbons (Fsp3) is 0.525. The summed E-state index contributed by atoms with van der Waals surface area (Å²) in [4.78, 5) is 44.2. The summed E-state index contributed by atoms with van der Waals surface area (Å²) in [7, 11) is 6.87. The molecule has 3 aromatic rings. The summed E-state index contributed by atoms with van der Waals surface area (Å²) in [6.45, 7) is 11.1. The van der Waals surface area contributed by atoms with Crippen LogP contribution in [0.25, 0.3) is 10.9 Å². The monoisotopic (exact) mass is 654 g/mol. The number of fused-ring (bicyclic) bond motifs is 1. The number of aryl methyl sites for hydroxylation is 1. The number of nitrogens with one attached hydrogen (secondary N) is 1. The number of aromatic nitrogens is 1. The zero-order valence-corrected chi connectivity index (χ0v) is 30.2. The van der Waals surface area contributed by atoms with Gasteiger partial charge in [-0.2, -0.15) is 0 Å². The molecule has 1 aliphatic heterocycles. The Bertz CT molecular complexity index is 1700. The summed E-state index contributed by atoms with van der Waals surface area (Å²) in [6.07, 6.45) is 9.30. The molecule has 8 nitrogen and oxygen atoms in total. The molecule has 5 rings (SSSR count). The third-order valence-corrected chi connectivity index (χ3v) is 10.4. The molecular formula is C40H54N4O4. The van der Waals surface area contributed by atoms with Crippen LogP contribution < -0.4 is 10.1 Å². The van der Waals surface area contributed by atoms with Crippen molar-refractivity contribution in [2.75, 3.05) is 39.6 Å². The number of ketones is 1. The van der Waals surface area contributed by atoms with Crippen LogP contribution in [0.2, 0.25) is 0 Å². The molecule has 1 saturated heterocycles. The lowest BCUT2D eigenvalue weighted by Gasteiger charge is -2.33. The number of carbonyl (C=O) groups is 3. The van der Waals surface area contributed by atoms with Crippen LogP contribution in [0.4, 0.5) is 5.69 Å². The van der Waals surface area contributed by atoms with Gasteiger partial charge >= 0.3 is 0 Å². The molecule has 2 aliphatic rings. The number of carbonyl (C=O) groups excluding carboxylic acids is 3. The van der Waals surface area contributed by atoms with Crippen LogP contribution in [-0.2, 0) is 23.8 Å². The minimum absolute atomic E-state index is 0.189. The molecule has 8 heteroatoms. The highest BCUT2D eigenvalue weighted by molar-refractivity contribution is 6.09. The molecular weight excluding hydrogens is 600 g/mol.